The third-order valence-electron chi connectivity index (χ3n) is 1.68. The van der Waals surface area contributed by atoms with Crippen molar-refractivity contribution < 1.29 is 4.79 Å². The average molecular weight is 206 g/mol. The van der Waals surface area contributed by atoms with Crippen LogP contribution in [-0.4, -0.2) is 23.5 Å². The molecule has 1 fully saturated rings. The van der Waals surface area contributed by atoms with Crippen LogP contribution in [0.4, 0.5) is 0 Å². The number of amides is 1. The van der Waals surface area contributed by atoms with E-state index in [0.717, 1.165) is 18.6 Å². The van der Waals surface area contributed by atoms with Crippen LogP contribution in [0.5, 0.6) is 0 Å². The van der Waals surface area contributed by atoms with Crippen LogP contribution in [0.2, 0.25) is 0 Å². The van der Waals surface area contributed by atoms with Gasteiger partial charge in [-0.15, -0.1) is 11.8 Å². The summed E-state index contributed by atoms with van der Waals surface area (Å²) in [7, 11) is 0. The number of thioether (sulfide) groups is 1. The fourth-order valence-electron chi connectivity index (χ4n) is 1.08. The predicted octanol–water partition coefficient (Wildman–Crippen LogP) is 1.75. The van der Waals surface area contributed by atoms with E-state index < -0.39 is 0 Å². The topological polar surface area (TPSA) is 29.1 Å². The van der Waals surface area contributed by atoms with E-state index in [9.17, 15) is 4.79 Å². The van der Waals surface area contributed by atoms with Crippen LogP contribution in [0.3, 0.4) is 0 Å². The summed E-state index contributed by atoms with van der Waals surface area (Å²) in [6.07, 6.45) is 2.13. The van der Waals surface area contributed by atoms with Crippen LogP contribution in [0.15, 0.2) is 11.6 Å². The summed E-state index contributed by atoms with van der Waals surface area (Å²) < 4.78 is 0. The summed E-state index contributed by atoms with van der Waals surface area (Å²) in [5, 5.41) is 3.35. The van der Waals surface area contributed by atoms with E-state index in [2.05, 4.69) is 11.9 Å². The lowest BCUT2D eigenvalue weighted by atomic mass is 10.2. The molecule has 0 radical (unpaired) electrons. The maximum absolute atomic E-state index is 11.3. The molecular formula is C8H12ClNOS. The fraction of sp³-hybridized carbons (Fsp3) is 0.625. The molecule has 1 saturated heterocycles. The highest BCUT2D eigenvalue weighted by atomic mass is 35.5. The number of carbonyl (C=O) groups is 1. The maximum Gasteiger partial charge on any atom is 0.233 e. The first-order valence-corrected chi connectivity index (χ1v) is 5.35. The molecule has 4 heteroatoms. The van der Waals surface area contributed by atoms with Crippen LogP contribution in [-0.2, 0) is 4.79 Å². The Balaban J connectivity index is 2.23. The zero-order valence-electron chi connectivity index (χ0n) is 6.81. The van der Waals surface area contributed by atoms with Gasteiger partial charge in [-0.25, -0.2) is 0 Å². The third-order valence-corrected chi connectivity index (χ3v) is 3.19. The quantitative estimate of drug-likeness (QED) is 0.761. The fourth-order valence-corrected chi connectivity index (χ4v) is 2.33. The summed E-state index contributed by atoms with van der Waals surface area (Å²) >= 11 is 7.23. The van der Waals surface area contributed by atoms with E-state index in [1.165, 1.54) is 0 Å². The zero-order valence-corrected chi connectivity index (χ0v) is 8.38. The standard InChI is InChI=1S/C8H12ClNOS/c1-6(9)5-10-8(11)7-3-2-4-12-7/h7H,1-5H2,(H,10,11). The van der Waals surface area contributed by atoms with Crippen molar-refractivity contribution in [3.8, 4) is 0 Å². The second-order valence-electron chi connectivity index (χ2n) is 2.74. The minimum Gasteiger partial charge on any atom is -0.350 e. The number of halogens is 1. The van der Waals surface area contributed by atoms with Crippen molar-refractivity contribution in [2.24, 2.45) is 0 Å². The molecule has 68 valence electrons. The normalized spacial score (nSPS) is 22.2. The van der Waals surface area contributed by atoms with Crippen LogP contribution in [0.25, 0.3) is 0 Å². The summed E-state index contributed by atoms with van der Waals surface area (Å²) in [5.41, 5.74) is 0. The molecule has 12 heavy (non-hydrogen) atoms. The Morgan fingerprint density at radius 1 is 1.75 bits per heavy atom. The molecule has 0 spiro atoms. The van der Waals surface area contributed by atoms with Crippen molar-refractivity contribution in [2.45, 2.75) is 18.1 Å². The summed E-state index contributed by atoms with van der Waals surface area (Å²) in [4.78, 5) is 11.3. The maximum atomic E-state index is 11.3. The van der Waals surface area contributed by atoms with E-state index >= 15 is 0 Å². The van der Waals surface area contributed by atoms with Gasteiger partial charge in [0, 0.05) is 5.03 Å². The van der Waals surface area contributed by atoms with Crippen LogP contribution in [0.1, 0.15) is 12.8 Å². The second-order valence-corrected chi connectivity index (χ2v) is 4.58. The van der Waals surface area contributed by atoms with Crippen molar-refractivity contribution in [3.05, 3.63) is 11.6 Å². The van der Waals surface area contributed by atoms with E-state index in [4.69, 9.17) is 11.6 Å². The van der Waals surface area contributed by atoms with Gasteiger partial charge in [-0.2, -0.15) is 0 Å². The molecule has 1 heterocycles. The van der Waals surface area contributed by atoms with Gasteiger partial charge in [-0.05, 0) is 18.6 Å². The van der Waals surface area contributed by atoms with E-state index in [0.29, 0.717) is 11.6 Å². The van der Waals surface area contributed by atoms with Crippen molar-refractivity contribution in [1.29, 1.82) is 0 Å². The first-order valence-electron chi connectivity index (χ1n) is 3.93. The van der Waals surface area contributed by atoms with Gasteiger partial charge in [0.25, 0.3) is 0 Å². The Labute approximate surface area is 81.7 Å². The van der Waals surface area contributed by atoms with Gasteiger partial charge in [-0.3, -0.25) is 4.79 Å². The van der Waals surface area contributed by atoms with Crippen LogP contribution in [0, 0.1) is 0 Å². The number of nitrogens with one attached hydrogen (secondary N) is 1. The number of carbonyl (C=O) groups excluding carboxylic acids is 1. The van der Waals surface area contributed by atoms with Gasteiger partial charge in [0.05, 0.1) is 11.8 Å². The lowest BCUT2D eigenvalue weighted by molar-refractivity contribution is -0.120. The molecule has 0 aliphatic carbocycles. The number of hydrogen-bond acceptors (Lipinski definition) is 2. The molecule has 1 aliphatic rings. The third kappa shape index (κ3) is 3.07. The Bertz CT molecular complexity index is 189. The molecule has 1 aliphatic heterocycles. The first kappa shape index (κ1) is 9.93. The summed E-state index contributed by atoms with van der Waals surface area (Å²) in [6.45, 7) is 3.88. The molecule has 0 aromatic rings. The van der Waals surface area contributed by atoms with Crippen molar-refractivity contribution >= 4 is 29.3 Å². The Kier molecular flexibility index (Phi) is 3.95. The summed E-state index contributed by atoms with van der Waals surface area (Å²) in [5.74, 6) is 1.19. The number of hydrogen-bond donors (Lipinski definition) is 1. The molecule has 0 aromatic heterocycles. The van der Waals surface area contributed by atoms with Gasteiger partial charge in [0.15, 0.2) is 0 Å². The molecule has 0 aromatic carbocycles. The minimum absolute atomic E-state index is 0.0966. The molecule has 1 N–H and O–H groups in total. The summed E-state index contributed by atoms with van der Waals surface area (Å²) in [6, 6.07) is 0. The first-order chi connectivity index (χ1) is 5.70. The highest BCUT2D eigenvalue weighted by Gasteiger charge is 2.22. The molecule has 2 nitrogen and oxygen atoms in total. The smallest absolute Gasteiger partial charge is 0.233 e. The average Bonchev–Trinajstić information content (AvgIpc) is 2.51. The van der Waals surface area contributed by atoms with Gasteiger partial charge in [0.1, 0.15) is 0 Å². The zero-order chi connectivity index (χ0) is 8.97. The molecular weight excluding hydrogens is 194 g/mol. The Hall–Kier alpha value is -0.150. The van der Waals surface area contributed by atoms with Crippen molar-refractivity contribution in [2.75, 3.05) is 12.3 Å². The van der Waals surface area contributed by atoms with Crippen LogP contribution < -0.4 is 5.32 Å². The predicted molar refractivity (Wildman–Crippen MR) is 53.5 cm³/mol. The molecule has 0 bridgehead atoms. The molecule has 1 unspecified atom stereocenters. The minimum atomic E-state index is 0.0966. The van der Waals surface area contributed by atoms with E-state index in [-0.39, 0.29) is 11.2 Å². The number of rotatable bonds is 3. The lowest BCUT2D eigenvalue weighted by Gasteiger charge is -2.08. The monoisotopic (exact) mass is 205 g/mol. The molecule has 0 saturated carbocycles. The largest absolute Gasteiger partial charge is 0.350 e. The van der Waals surface area contributed by atoms with E-state index in [1.54, 1.807) is 11.8 Å². The second kappa shape index (κ2) is 4.77. The molecule has 1 atom stereocenters. The van der Waals surface area contributed by atoms with Crippen molar-refractivity contribution in [3.63, 3.8) is 0 Å². The SMILES string of the molecule is C=C(Cl)CNC(=O)C1CCCS1. The van der Waals surface area contributed by atoms with Crippen molar-refractivity contribution in [1.82, 2.24) is 5.32 Å². The highest BCUT2D eigenvalue weighted by Crippen LogP contribution is 2.25. The van der Waals surface area contributed by atoms with Gasteiger partial charge in [-0.1, -0.05) is 18.2 Å². The van der Waals surface area contributed by atoms with Gasteiger partial charge in [0.2, 0.25) is 5.91 Å². The van der Waals surface area contributed by atoms with Gasteiger partial charge < -0.3 is 5.32 Å². The Morgan fingerprint density at radius 2 is 2.50 bits per heavy atom. The van der Waals surface area contributed by atoms with Gasteiger partial charge >= 0.3 is 0 Å². The Morgan fingerprint density at radius 3 is 3.00 bits per heavy atom. The molecule has 1 rings (SSSR count). The lowest BCUT2D eigenvalue weighted by Crippen LogP contribution is -2.32. The molecule has 1 amide bonds. The van der Waals surface area contributed by atoms with Crippen LogP contribution >= 0.6 is 23.4 Å². The van der Waals surface area contributed by atoms with E-state index in [1.807, 2.05) is 0 Å². The highest BCUT2D eigenvalue weighted by molar-refractivity contribution is 8.00.